The third-order valence-electron chi connectivity index (χ3n) is 3.09. The van der Waals surface area contributed by atoms with Crippen molar-refractivity contribution in [2.75, 3.05) is 25.5 Å². The lowest BCUT2D eigenvalue weighted by atomic mass is 9.97. The van der Waals surface area contributed by atoms with Gasteiger partial charge in [-0.3, -0.25) is 4.79 Å². The van der Waals surface area contributed by atoms with Crippen LogP contribution in [-0.2, 0) is 4.79 Å². The molecule has 2 rings (SSSR count). The molecule has 1 aliphatic rings. The van der Waals surface area contributed by atoms with Crippen LogP contribution in [0.25, 0.3) is 0 Å². The first-order valence-corrected chi connectivity index (χ1v) is 6.69. The van der Waals surface area contributed by atoms with E-state index >= 15 is 0 Å². The first kappa shape index (κ1) is 12.6. The molecule has 1 fully saturated rings. The zero-order chi connectivity index (χ0) is 12.3. The van der Waals surface area contributed by atoms with E-state index in [0.29, 0.717) is 0 Å². The van der Waals surface area contributed by atoms with Crippen molar-refractivity contribution >= 4 is 27.5 Å². The highest BCUT2D eigenvalue weighted by atomic mass is 79.9. The average molecular weight is 297 g/mol. The first-order valence-electron chi connectivity index (χ1n) is 5.90. The predicted molar refractivity (Wildman–Crippen MR) is 73.0 cm³/mol. The van der Waals surface area contributed by atoms with Crippen LogP contribution in [0.5, 0.6) is 0 Å². The van der Waals surface area contributed by atoms with Crippen LogP contribution in [0.15, 0.2) is 28.7 Å². The first-order chi connectivity index (χ1) is 8.15. The maximum atomic E-state index is 12.1. The maximum absolute atomic E-state index is 12.1. The highest BCUT2D eigenvalue weighted by Gasteiger charge is 2.23. The number of halogens is 1. The molecule has 3 nitrogen and oxygen atoms in total. The molecule has 0 radical (unpaired) electrons. The van der Waals surface area contributed by atoms with Crippen LogP contribution in [0.2, 0.25) is 0 Å². The molecule has 1 heterocycles. The van der Waals surface area contributed by atoms with Gasteiger partial charge < -0.3 is 10.2 Å². The standard InChI is InChI=1S/C13H17BrN2O/c1-16-7-3-4-10(9-16)13(17)15-12-6-2-5-11(14)8-12/h2,5-6,8,10H,3-4,7,9H2,1H3,(H,15,17)/t10-/m0/s1. The third-order valence-corrected chi connectivity index (χ3v) is 3.58. The van der Waals surface area contributed by atoms with Gasteiger partial charge in [0.1, 0.15) is 0 Å². The van der Waals surface area contributed by atoms with Crippen molar-refractivity contribution in [3.05, 3.63) is 28.7 Å². The van der Waals surface area contributed by atoms with Gasteiger partial charge in [-0.05, 0) is 44.6 Å². The zero-order valence-corrected chi connectivity index (χ0v) is 11.5. The third kappa shape index (κ3) is 3.54. The molecule has 1 amide bonds. The van der Waals surface area contributed by atoms with Gasteiger partial charge in [-0.15, -0.1) is 0 Å². The summed E-state index contributed by atoms with van der Waals surface area (Å²) in [5.41, 5.74) is 0.859. The van der Waals surface area contributed by atoms with Gasteiger partial charge in [0, 0.05) is 16.7 Å². The van der Waals surface area contributed by atoms with Crippen LogP contribution >= 0.6 is 15.9 Å². The summed E-state index contributed by atoms with van der Waals surface area (Å²) in [5, 5.41) is 2.98. The number of piperidine rings is 1. The molecule has 0 saturated carbocycles. The Morgan fingerprint density at radius 2 is 2.35 bits per heavy atom. The molecule has 0 unspecified atom stereocenters. The molecule has 4 heteroatoms. The average Bonchev–Trinajstić information content (AvgIpc) is 2.29. The van der Waals surface area contributed by atoms with Gasteiger partial charge in [0.05, 0.1) is 5.92 Å². The van der Waals surface area contributed by atoms with Crippen molar-refractivity contribution in [1.82, 2.24) is 4.90 Å². The van der Waals surface area contributed by atoms with Gasteiger partial charge in [-0.1, -0.05) is 22.0 Å². The molecule has 0 aliphatic carbocycles. The molecule has 0 bridgehead atoms. The van der Waals surface area contributed by atoms with Crippen molar-refractivity contribution in [1.29, 1.82) is 0 Å². The minimum Gasteiger partial charge on any atom is -0.326 e. The molecular weight excluding hydrogens is 280 g/mol. The topological polar surface area (TPSA) is 32.3 Å². The number of carbonyl (C=O) groups is 1. The van der Waals surface area contributed by atoms with Gasteiger partial charge >= 0.3 is 0 Å². The Bertz CT molecular complexity index is 408. The van der Waals surface area contributed by atoms with Gasteiger partial charge in [0.15, 0.2) is 0 Å². The number of carbonyl (C=O) groups excluding carboxylic acids is 1. The minimum absolute atomic E-state index is 0.118. The van der Waals surface area contributed by atoms with Gasteiger partial charge in [-0.25, -0.2) is 0 Å². The van der Waals surface area contributed by atoms with Crippen molar-refractivity contribution in [3.63, 3.8) is 0 Å². The van der Waals surface area contributed by atoms with E-state index in [1.165, 1.54) is 0 Å². The van der Waals surface area contributed by atoms with E-state index in [0.717, 1.165) is 36.1 Å². The van der Waals surface area contributed by atoms with Gasteiger partial charge in [-0.2, -0.15) is 0 Å². The highest BCUT2D eigenvalue weighted by molar-refractivity contribution is 9.10. The fraction of sp³-hybridized carbons (Fsp3) is 0.462. The number of benzene rings is 1. The van der Waals surface area contributed by atoms with E-state index in [2.05, 4.69) is 33.2 Å². The van der Waals surface area contributed by atoms with Crippen LogP contribution < -0.4 is 5.32 Å². The smallest absolute Gasteiger partial charge is 0.228 e. The van der Waals surface area contributed by atoms with E-state index in [1.54, 1.807) is 0 Å². The molecule has 1 atom stereocenters. The van der Waals surface area contributed by atoms with Crippen LogP contribution in [0.4, 0.5) is 5.69 Å². The summed E-state index contributed by atoms with van der Waals surface area (Å²) >= 11 is 3.40. The molecular formula is C13H17BrN2O. The van der Waals surface area contributed by atoms with Crippen molar-refractivity contribution in [2.24, 2.45) is 5.92 Å². The zero-order valence-electron chi connectivity index (χ0n) is 9.95. The van der Waals surface area contributed by atoms with Crippen molar-refractivity contribution in [3.8, 4) is 0 Å². The Kier molecular flexibility index (Phi) is 4.18. The molecule has 0 aromatic heterocycles. The van der Waals surface area contributed by atoms with E-state index in [1.807, 2.05) is 24.3 Å². The second kappa shape index (κ2) is 5.65. The van der Waals surface area contributed by atoms with Crippen molar-refractivity contribution < 1.29 is 4.79 Å². The Balaban J connectivity index is 1.96. The fourth-order valence-corrected chi connectivity index (χ4v) is 2.59. The van der Waals surface area contributed by atoms with E-state index in [4.69, 9.17) is 0 Å². The number of rotatable bonds is 2. The number of amides is 1. The molecule has 1 aliphatic heterocycles. The number of anilines is 1. The summed E-state index contributed by atoms with van der Waals surface area (Å²) in [7, 11) is 2.07. The van der Waals surface area contributed by atoms with Crippen LogP contribution in [0, 0.1) is 5.92 Å². The van der Waals surface area contributed by atoms with Gasteiger partial charge in [0.25, 0.3) is 0 Å². The van der Waals surface area contributed by atoms with Crippen LogP contribution in [0.1, 0.15) is 12.8 Å². The number of nitrogens with zero attached hydrogens (tertiary/aromatic N) is 1. The second-order valence-corrected chi connectivity index (χ2v) is 5.52. The molecule has 1 saturated heterocycles. The maximum Gasteiger partial charge on any atom is 0.228 e. The number of nitrogens with one attached hydrogen (secondary N) is 1. The Morgan fingerprint density at radius 3 is 3.06 bits per heavy atom. The molecule has 0 spiro atoms. The monoisotopic (exact) mass is 296 g/mol. The fourth-order valence-electron chi connectivity index (χ4n) is 2.19. The van der Waals surface area contributed by atoms with Crippen molar-refractivity contribution in [2.45, 2.75) is 12.8 Å². The van der Waals surface area contributed by atoms with Gasteiger partial charge in [0.2, 0.25) is 5.91 Å². The van der Waals surface area contributed by atoms with E-state index < -0.39 is 0 Å². The lowest BCUT2D eigenvalue weighted by molar-refractivity contribution is -0.121. The van der Waals surface area contributed by atoms with E-state index in [-0.39, 0.29) is 11.8 Å². The Morgan fingerprint density at radius 1 is 1.53 bits per heavy atom. The lowest BCUT2D eigenvalue weighted by Gasteiger charge is -2.28. The largest absolute Gasteiger partial charge is 0.326 e. The number of likely N-dealkylation sites (tertiary alicyclic amines) is 1. The molecule has 1 aromatic carbocycles. The number of hydrogen-bond donors (Lipinski definition) is 1. The second-order valence-electron chi connectivity index (χ2n) is 4.60. The summed E-state index contributed by atoms with van der Waals surface area (Å²) in [6.45, 7) is 1.96. The van der Waals surface area contributed by atoms with Crippen LogP contribution in [0.3, 0.4) is 0 Å². The quantitative estimate of drug-likeness (QED) is 0.910. The molecule has 1 aromatic rings. The van der Waals surface area contributed by atoms with Crippen LogP contribution in [-0.4, -0.2) is 30.9 Å². The Hall–Kier alpha value is -0.870. The predicted octanol–water partition coefficient (Wildman–Crippen LogP) is 2.73. The summed E-state index contributed by atoms with van der Waals surface area (Å²) in [6.07, 6.45) is 2.09. The summed E-state index contributed by atoms with van der Waals surface area (Å²) < 4.78 is 0.982. The summed E-state index contributed by atoms with van der Waals surface area (Å²) in [5.74, 6) is 0.252. The highest BCUT2D eigenvalue weighted by Crippen LogP contribution is 2.19. The minimum atomic E-state index is 0.118. The molecule has 92 valence electrons. The normalized spacial score (nSPS) is 21.2. The van der Waals surface area contributed by atoms with E-state index in [9.17, 15) is 4.79 Å². The summed E-state index contributed by atoms with van der Waals surface area (Å²) in [4.78, 5) is 14.3. The SMILES string of the molecule is CN1CCC[C@H](C(=O)Nc2cccc(Br)c2)C1. The molecule has 1 N–H and O–H groups in total. The number of hydrogen-bond acceptors (Lipinski definition) is 2. The Labute approximate surface area is 110 Å². The lowest BCUT2D eigenvalue weighted by Crippen LogP contribution is -2.38. The molecule has 17 heavy (non-hydrogen) atoms. The summed E-state index contributed by atoms with van der Waals surface area (Å²) in [6, 6.07) is 7.70.